The molecule has 0 saturated carbocycles. The fourth-order valence-electron chi connectivity index (χ4n) is 3.85. The highest BCUT2D eigenvalue weighted by Gasteiger charge is 2.33. The van der Waals surface area contributed by atoms with Crippen molar-refractivity contribution in [3.05, 3.63) is 35.9 Å². The molecule has 1 aromatic rings. The van der Waals surface area contributed by atoms with Crippen LogP contribution in [0.5, 0.6) is 0 Å². The first kappa shape index (κ1) is 16.5. The van der Waals surface area contributed by atoms with Gasteiger partial charge in [-0.15, -0.1) is 0 Å². The highest BCUT2D eigenvalue weighted by atomic mass is 15.2. The van der Waals surface area contributed by atoms with Crippen molar-refractivity contribution in [3.63, 3.8) is 0 Å². The summed E-state index contributed by atoms with van der Waals surface area (Å²) in [6.07, 6.45) is 5.05. The Bertz CT molecular complexity index is 407. The summed E-state index contributed by atoms with van der Waals surface area (Å²) in [7, 11) is 0. The van der Waals surface area contributed by atoms with Crippen LogP contribution in [-0.2, 0) is 6.42 Å². The third kappa shape index (κ3) is 4.55. The van der Waals surface area contributed by atoms with E-state index in [2.05, 4.69) is 56.0 Å². The van der Waals surface area contributed by atoms with Gasteiger partial charge in [0.15, 0.2) is 0 Å². The lowest BCUT2D eigenvalue weighted by Crippen LogP contribution is -2.55. The molecule has 1 atom stereocenters. The van der Waals surface area contributed by atoms with Crippen LogP contribution in [0.15, 0.2) is 30.3 Å². The predicted molar refractivity (Wildman–Crippen MR) is 91.4 cm³/mol. The fourth-order valence-corrected chi connectivity index (χ4v) is 3.85. The molecule has 1 aromatic carbocycles. The molecule has 0 bridgehead atoms. The third-order valence-electron chi connectivity index (χ3n) is 5.03. The third-order valence-corrected chi connectivity index (χ3v) is 5.03. The Balaban J connectivity index is 1.87. The lowest BCUT2D eigenvalue weighted by atomic mass is 9.84. The van der Waals surface area contributed by atoms with Crippen molar-refractivity contribution in [2.24, 2.45) is 17.6 Å². The minimum atomic E-state index is 0.186. The van der Waals surface area contributed by atoms with Gasteiger partial charge in [-0.1, -0.05) is 44.2 Å². The maximum absolute atomic E-state index is 6.10. The second-order valence-corrected chi connectivity index (χ2v) is 7.42. The molecule has 2 nitrogen and oxygen atoms in total. The molecule has 1 heterocycles. The zero-order valence-electron chi connectivity index (χ0n) is 14.0. The van der Waals surface area contributed by atoms with Gasteiger partial charge in [0.1, 0.15) is 0 Å². The second kappa shape index (κ2) is 7.42. The lowest BCUT2D eigenvalue weighted by molar-refractivity contribution is 0.0522. The Morgan fingerprint density at radius 1 is 1.19 bits per heavy atom. The van der Waals surface area contributed by atoms with Gasteiger partial charge in [-0.3, -0.25) is 4.90 Å². The summed E-state index contributed by atoms with van der Waals surface area (Å²) in [5, 5.41) is 0. The Kier molecular flexibility index (Phi) is 5.83. The molecule has 21 heavy (non-hydrogen) atoms. The zero-order chi connectivity index (χ0) is 15.3. The van der Waals surface area contributed by atoms with Gasteiger partial charge in [0.2, 0.25) is 0 Å². The summed E-state index contributed by atoms with van der Waals surface area (Å²) in [5.41, 5.74) is 7.77. The van der Waals surface area contributed by atoms with E-state index in [0.29, 0.717) is 5.92 Å². The van der Waals surface area contributed by atoms with E-state index in [1.807, 2.05) is 0 Å². The van der Waals surface area contributed by atoms with Crippen molar-refractivity contribution >= 4 is 0 Å². The average Bonchev–Trinajstić information content (AvgIpc) is 2.48. The zero-order valence-corrected chi connectivity index (χ0v) is 14.0. The largest absolute Gasteiger partial charge is 0.329 e. The summed E-state index contributed by atoms with van der Waals surface area (Å²) < 4.78 is 0. The molecule has 2 rings (SSSR count). The lowest BCUT2D eigenvalue weighted by Gasteiger charge is -2.45. The van der Waals surface area contributed by atoms with Gasteiger partial charge >= 0.3 is 0 Å². The smallest absolute Gasteiger partial charge is 0.0306 e. The maximum Gasteiger partial charge on any atom is 0.0306 e. The fraction of sp³-hybridized carbons (Fsp3) is 0.684. The first-order chi connectivity index (χ1) is 10.0. The molecule has 1 fully saturated rings. The second-order valence-electron chi connectivity index (χ2n) is 7.42. The number of hydrogen-bond acceptors (Lipinski definition) is 2. The Morgan fingerprint density at radius 2 is 1.81 bits per heavy atom. The number of piperidine rings is 1. The van der Waals surface area contributed by atoms with Gasteiger partial charge in [-0.05, 0) is 63.1 Å². The van der Waals surface area contributed by atoms with Gasteiger partial charge in [0.05, 0.1) is 0 Å². The van der Waals surface area contributed by atoms with Crippen molar-refractivity contribution in [1.29, 1.82) is 0 Å². The Morgan fingerprint density at radius 3 is 2.33 bits per heavy atom. The van der Waals surface area contributed by atoms with Crippen LogP contribution >= 0.6 is 0 Å². The van der Waals surface area contributed by atoms with Crippen molar-refractivity contribution in [2.75, 3.05) is 19.6 Å². The van der Waals surface area contributed by atoms with Gasteiger partial charge in [-0.2, -0.15) is 0 Å². The number of nitrogens with two attached hydrogens (primary N) is 1. The highest BCUT2D eigenvalue weighted by Crippen LogP contribution is 2.29. The van der Waals surface area contributed by atoms with Crippen molar-refractivity contribution in [2.45, 2.75) is 52.0 Å². The maximum atomic E-state index is 6.10. The van der Waals surface area contributed by atoms with Crippen LogP contribution in [0, 0.1) is 11.8 Å². The summed E-state index contributed by atoms with van der Waals surface area (Å²) >= 11 is 0. The van der Waals surface area contributed by atoms with Crippen LogP contribution < -0.4 is 5.73 Å². The topological polar surface area (TPSA) is 29.3 Å². The van der Waals surface area contributed by atoms with E-state index in [4.69, 9.17) is 5.73 Å². The summed E-state index contributed by atoms with van der Waals surface area (Å²) in [4.78, 5) is 2.65. The van der Waals surface area contributed by atoms with Crippen LogP contribution in [0.1, 0.15) is 45.6 Å². The standard InChI is InChI=1S/C19H32N2/c1-16(2)14-19(3,15-20)21-11-9-18(10-12-21)13-17-7-5-4-6-8-17/h4-8,16,18H,9-15,20H2,1-3H3. The minimum absolute atomic E-state index is 0.186. The molecule has 0 aliphatic carbocycles. The molecule has 1 aliphatic rings. The van der Waals surface area contributed by atoms with Crippen molar-refractivity contribution < 1.29 is 0 Å². The summed E-state index contributed by atoms with van der Waals surface area (Å²) in [5.74, 6) is 1.55. The molecule has 2 N–H and O–H groups in total. The average molecular weight is 288 g/mol. The van der Waals surface area contributed by atoms with Gasteiger partial charge in [-0.25, -0.2) is 0 Å². The van der Waals surface area contributed by atoms with Crippen LogP contribution in [0.3, 0.4) is 0 Å². The van der Waals surface area contributed by atoms with E-state index in [1.54, 1.807) is 0 Å². The Labute approximate surface area is 130 Å². The summed E-state index contributed by atoms with van der Waals surface area (Å²) in [6.45, 7) is 10.1. The quantitative estimate of drug-likeness (QED) is 0.864. The number of benzene rings is 1. The van der Waals surface area contributed by atoms with Gasteiger partial charge in [0.25, 0.3) is 0 Å². The first-order valence-corrected chi connectivity index (χ1v) is 8.52. The number of nitrogens with zero attached hydrogens (tertiary/aromatic N) is 1. The van der Waals surface area contributed by atoms with Crippen molar-refractivity contribution in [3.8, 4) is 0 Å². The molecular formula is C19H32N2. The first-order valence-electron chi connectivity index (χ1n) is 8.52. The van der Waals surface area contributed by atoms with Crippen LogP contribution in [0.25, 0.3) is 0 Å². The highest BCUT2D eigenvalue weighted by molar-refractivity contribution is 5.15. The van der Waals surface area contributed by atoms with Gasteiger partial charge in [0, 0.05) is 12.1 Å². The molecule has 1 unspecified atom stereocenters. The molecular weight excluding hydrogens is 256 g/mol. The van der Waals surface area contributed by atoms with E-state index in [1.165, 1.54) is 44.3 Å². The molecule has 118 valence electrons. The van der Waals surface area contributed by atoms with E-state index in [0.717, 1.165) is 12.5 Å². The predicted octanol–water partition coefficient (Wildman–Crippen LogP) is 3.70. The van der Waals surface area contributed by atoms with E-state index in [-0.39, 0.29) is 5.54 Å². The van der Waals surface area contributed by atoms with E-state index < -0.39 is 0 Å². The van der Waals surface area contributed by atoms with Crippen molar-refractivity contribution in [1.82, 2.24) is 4.90 Å². The molecule has 2 heteroatoms. The SMILES string of the molecule is CC(C)CC(C)(CN)N1CCC(Cc2ccccc2)CC1. The van der Waals surface area contributed by atoms with Crippen LogP contribution in [0.4, 0.5) is 0 Å². The normalized spacial score (nSPS) is 20.6. The molecule has 1 aliphatic heterocycles. The Hall–Kier alpha value is -0.860. The minimum Gasteiger partial charge on any atom is -0.329 e. The number of rotatable bonds is 6. The molecule has 1 saturated heterocycles. The number of likely N-dealkylation sites (tertiary alicyclic amines) is 1. The van der Waals surface area contributed by atoms with E-state index >= 15 is 0 Å². The van der Waals surface area contributed by atoms with Crippen LogP contribution in [-0.4, -0.2) is 30.1 Å². The number of hydrogen-bond donors (Lipinski definition) is 1. The monoisotopic (exact) mass is 288 g/mol. The van der Waals surface area contributed by atoms with Crippen LogP contribution in [0.2, 0.25) is 0 Å². The summed E-state index contributed by atoms with van der Waals surface area (Å²) in [6, 6.07) is 10.9. The van der Waals surface area contributed by atoms with Gasteiger partial charge < -0.3 is 5.73 Å². The molecule has 0 aromatic heterocycles. The molecule has 0 spiro atoms. The molecule has 0 radical (unpaired) electrons. The van der Waals surface area contributed by atoms with E-state index in [9.17, 15) is 0 Å². The molecule has 0 amide bonds.